The van der Waals surface area contributed by atoms with Crippen molar-refractivity contribution >= 4 is 11.8 Å². The molecule has 1 saturated heterocycles. The van der Waals surface area contributed by atoms with Crippen LogP contribution in [0.1, 0.15) is 0 Å². The number of hydrogen-bond donors (Lipinski definition) is 1. The van der Waals surface area contributed by atoms with Crippen LogP contribution < -0.4 is 0 Å². The number of carbonyl (C=O) groups excluding carboxylic acids is 1. The second-order valence-electron chi connectivity index (χ2n) is 2.29. The molecule has 0 aliphatic carbocycles. The zero-order valence-electron chi connectivity index (χ0n) is 6.28. The van der Waals surface area contributed by atoms with Crippen LogP contribution in [0.2, 0.25) is 0 Å². The molecule has 0 aromatic heterocycles. The predicted molar refractivity (Wildman–Crippen MR) is 37.5 cm³/mol. The van der Waals surface area contributed by atoms with Gasteiger partial charge in [-0.15, -0.1) is 0 Å². The van der Waals surface area contributed by atoms with Crippen LogP contribution in [0, 0.1) is 0 Å². The maximum absolute atomic E-state index is 11.1. The first kappa shape index (κ1) is 8.89. The van der Waals surface area contributed by atoms with Gasteiger partial charge in [-0.3, -0.25) is 4.79 Å². The Kier molecular flexibility index (Phi) is 2.57. The summed E-state index contributed by atoms with van der Waals surface area (Å²) >= 11 is 0. The van der Waals surface area contributed by atoms with E-state index in [-0.39, 0.29) is 13.4 Å². The van der Waals surface area contributed by atoms with E-state index in [1.807, 2.05) is 0 Å². The molecular weight excluding hydrogens is 164 g/mol. The third-order valence-corrected chi connectivity index (χ3v) is 1.47. The van der Waals surface area contributed by atoms with E-state index in [9.17, 15) is 9.59 Å². The third kappa shape index (κ3) is 1.69. The van der Waals surface area contributed by atoms with Crippen molar-refractivity contribution in [2.75, 3.05) is 13.4 Å². The predicted octanol–water partition coefficient (Wildman–Crippen LogP) is -0.431. The Bertz CT molecular complexity index is 226. The molecule has 1 atom stereocenters. The molecule has 0 spiro atoms. The monoisotopic (exact) mass is 172 g/mol. The summed E-state index contributed by atoms with van der Waals surface area (Å²) in [6.07, 6.45) is -0.798. The third-order valence-electron chi connectivity index (χ3n) is 1.47. The van der Waals surface area contributed by atoms with E-state index in [2.05, 4.69) is 6.58 Å². The van der Waals surface area contributed by atoms with E-state index in [0.29, 0.717) is 0 Å². The lowest BCUT2D eigenvalue weighted by molar-refractivity contribution is -0.136. The standard InChI is InChI=1S/C7H8O5/c1-4(7(9)10)6(8)5-2-11-3-12-5/h5H,1-3H2,(H,9,10). The van der Waals surface area contributed by atoms with Crippen LogP contribution in [0.3, 0.4) is 0 Å². The van der Waals surface area contributed by atoms with E-state index < -0.39 is 23.4 Å². The molecule has 0 bridgehead atoms. The normalized spacial score (nSPS) is 22.2. The quantitative estimate of drug-likeness (QED) is 0.355. The van der Waals surface area contributed by atoms with Gasteiger partial charge in [0.2, 0.25) is 5.78 Å². The second kappa shape index (κ2) is 3.46. The van der Waals surface area contributed by atoms with Gasteiger partial charge in [0.1, 0.15) is 12.9 Å². The van der Waals surface area contributed by atoms with Gasteiger partial charge in [0, 0.05) is 0 Å². The molecule has 0 radical (unpaired) electrons. The number of carboxylic acid groups (broad SMARTS) is 1. The lowest BCUT2D eigenvalue weighted by Gasteiger charge is -2.04. The molecule has 1 N–H and O–H groups in total. The minimum Gasteiger partial charge on any atom is -0.478 e. The summed E-state index contributed by atoms with van der Waals surface area (Å²) < 4.78 is 9.52. The van der Waals surface area contributed by atoms with Crippen molar-refractivity contribution in [3.8, 4) is 0 Å². The fourth-order valence-corrected chi connectivity index (χ4v) is 0.785. The van der Waals surface area contributed by atoms with Crippen molar-refractivity contribution in [2.45, 2.75) is 6.10 Å². The largest absolute Gasteiger partial charge is 0.478 e. The molecule has 66 valence electrons. The first-order valence-corrected chi connectivity index (χ1v) is 3.28. The molecule has 1 rings (SSSR count). The maximum Gasteiger partial charge on any atom is 0.338 e. The number of hydrogen-bond acceptors (Lipinski definition) is 4. The summed E-state index contributed by atoms with van der Waals surface area (Å²) in [6.45, 7) is 3.25. The zero-order chi connectivity index (χ0) is 9.14. The summed E-state index contributed by atoms with van der Waals surface area (Å²) in [5.41, 5.74) is -0.467. The fourth-order valence-electron chi connectivity index (χ4n) is 0.785. The lowest BCUT2D eigenvalue weighted by Crippen LogP contribution is -2.27. The molecule has 1 aliphatic rings. The summed E-state index contributed by atoms with van der Waals surface area (Å²) in [5, 5.41) is 8.40. The molecule has 1 fully saturated rings. The van der Waals surface area contributed by atoms with Gasteiger partial charge in [-0.1, -0.05) is 6.58 Å². The van der Waals surface area contributed by atoms with Crippen LogP contribution in [-0.4, -0.2) is 36.4 Å². The minimum atomic E-state index is -1.32. The van der Waals surface area contributed by atoms with E-state index >= 15 is 0 Å². The van der Waals surface area contributed by atoms with E-state index in [4.69, 9.17) is 14.6 Å². The molecule has 0 aromatic carbocycles. The second-order valence-corrected chi connectivity index (χ2v) is 2.29. The molecule has 1 aliphatic heterocycles. The molecule has 0 amide bonds. The maximum atomic E-state index is 11.1. The summed E-state index contributed by atoms with van der Waals surface area (Å²) in [5.74, 6) is -1.95. The van der Waals surface area contributed by atoms with Crippen molar-refractivity contribution in [1.29, 1.82) is 0 Å². The Hall–Kier alpha value is -1.20. The SMILES string of the molecule is C=C(C(=O)O)C(=O)C1COCO1. The molecule has 5 nitrogen and oxygen atoms in total. The van der Waals surface area contributed by atoms with Crippen molar-refractivity contribution in [3.63, 3.8) is 0 Å². The number of aliphatic carboxylic acids is 1. The van der Waals surface area contributed by atoms with Crippen LogP contribution in [0.25, 0.3) is 0 Å². The Morgan fingerprint density at radius 1 is 1.50 bits per heavy atom. The molecule has 12 heavy (non-hydrogen) atoms. The highest BCUT2D eigenvalue weighted by molar-refractivity contribution is 6.17. The van der Waals surface area contributed by atoms with E-state index in [1.165, 1.54) is 0 Å². The number of carboxylic acids is 1. The Balaban J connectivity index is 2.57. The molecule has 1 heterocycles. The van der Waals surface area contributed by atoms with Gasteiger partial charge >= 0.3 is 5.97 Å². The van der Waals surface area contributed by atoms with E-state index in [1.54, 1.807) is 0 Å². The number of Topliss-reactive ketones (excluding diaryl/α,β-unsaturated/α-hetero) is 1. The number of rotatable bonds is 3. The summed E-state index contributed by atoms with van der Waals surface area (Å²) in [7, 11) is 0. The number of ether oxygens (including phenoxy) is 2. The van der Waals surface area contributed by atoms with Gasteiger partial charge in [0.15, 0.2) is 0 Å². The van der Waals surface area contributed by atoms with Gasteiger partial charge in [-0.25, -0.2) is 4.79 Å². The lowest BCUT2D eigenvalue weighted by atomic mass is 10.1. The van der Waals surface area contributed by atoms with Crippen molar-refractivity contribution in [1.82, 2.24) is 0 Å². The smallest absolute Gasteiger partial charge is 0.338 e. The molecular formula is C7H8O5. The fraction of sp³-hybridized carbons (Fsp3) is 0.429. The highest BCUT2D eigenvalue weighted by Gasteiger charge is 2.28. The summed E-state index contributed by atoms with van der Waals surface area (Å²) in [6, 6.07) is 0. The van der Waals surface area contributed by atoms with E-state index in [0.717, 1.165) is 0 Å². The Morgan fingerprint density at radius 2 is 2.17 bits per heavy atom. The molecule has 0 aromatic rings. The first-order valence-electron chi connectivity index (χ1n) is 3.28. The van der Waals surface area contributed by atoms with Gasteiger partial charge in [-0.05, 0) is 0 Å². The highest BCUT2D eigenvalue weighted by Crippen LogP contribution is 2.08. The number of carbonyl (C=O) groups is 2. The molecule has 5 heteroatoms. The highest BCUT2D eigenvalue weighted by atomic mass is 16.7. The van der Waals surface area contributed by atoms with Crippen molar-refractivity contribution in [2.24, 2.45) is 0 Å². The zero-order valence-corrected chi connectivity index (χ0v) is 6.28. The van der Waals surface area contributed by atoms with Gasteiger partial charge < -0.3 is 14.6 Å². The average molecular weight is 172 g/mol. The van der Waals surface area contributed by atoms with Crippen LogP contribution in [-0.2, 0) is 19.1 Å². The first-order chi connectivity index (χ1) is 5.63. The minimum absolute atomic E-state index is 0.0311. The van der Waals surface area contributed by atoms with Crippen molar-refractivity contribution in [3.05, 3.63) is 12.2 Å². The van der Waals surface area contributed by atoms with Gasteiger partial charge in [0.25, 0.3) is 0 Å². The van der Waals surface area contributed by atoms with Crippen LogP contribution in [0.15, 0.2) is 12.2 Å². The molecule has 1 unspecified atom stereocenters. The topological polar surface area (TPSA) is 72.8 Å². The Labute approximate surface area is 68.6 Å². The van der Waals surface area contributed by atoms with Gasteiger partial charge in [0.05, 0.1) is 12.2 Å². The summed E-state index contributed by atoms with van der Waals surface area (Å²) in [4.78, 5) is 21.4. The molecule has 0 saturated carbocycles. The average Bonchev–Trinajstić information content (AvgIpc) is 2.53. The number of ketones is 1. The van der Waals surface area contributed by atoms with Gasteiger partial charge in [-0.2, -0.15) is 0 Å². The Morgan fingerprint density at radius 3 is 2.58 bits per heavy atom. The van der Waals surface area contributed by atoms with Crippen molar-refractivity contribution < 1.29 is 24.2 Å². The van der Waals surface area contributed by atoms with Crippen LogP contribution >= 0.6 is 0 Å². The van der Waals surface area contributed by atoms with Crippen LogP contribution in [0.5, 0.6) is 0 Å². The van der Waals surface area contributed by atoms with Crippen LogP contribution in [0.4, 0.5) is 0 Å².